The van der Waals surface area contributed by atoms with Gasteiger partial charge < -0.3 is 14.8 Å². The molecule has 3 rings (SSSR count). The highest BCUT2D eigenvalue weighted by atomic mass is 127. The highest BCUT2D eigenvalue weighted by molar-refractivity contribution is 14.1. The molecule has 0 saturated heterocycles. The molecule has 0 heterocycles. The molecule has 10 heteroatoms. The van der Waals surface area contributed by atoms with Crippen LogP contribution in [-0.4, -0.2) is 37.1 Å². The van der Waals surface area contributed by atoms with Crippen LogP contribution in [0.5, 0.6) is 11.5 Å². The Labute approximate surface area is 220 Å². The quantitative estimate of drug-likeness (QED) is 0.123. The number of halogens is 2. The van der Waals surface area contributed by atoms with Gasteiger partial charge in [0.15, 0.2) is 11.5 Å². The zero-order valence-electron chi connectivity index (χ0n) is 18.6. The first kappa shape index (κ1) is 26.2. The largest absolute Gasteiger partial charge is 0.490 e. The maximum absolute atomic E-state index is 12.4. The lowest BCUT2D eigenvalue weighted by molar-refractivity contribution is -0.120. The molecule has 0 saturated carbocycles. The first-order valence-corrected chi connectivity index (χ1v) is 11.9. The van der Waals surface area contributed by atoms with E-state index < -0.39 is 11.9 Å². The summed E-state index contributed by atoms with van der Waals surface area (Å²) in [5.41, 5.74) is 3.79. The van der Waals surface area contributed by atoms with Crippen molar-refractivity contribution in [3.05, 3.63) is 92.0 Å². The van der Waals surface area contributed by atoms with Crippen molar-refractivity contribution < 1.29 is 23.9 Å². The zero-order chi connectivity index (χ0) is 25.2. The van der Waals surface area contributed by atoms with E-state index in [1.54, 1.807) is 67.6 Å². The van der Waals surface area contributed by atoms with E-state index in [9.17, 15) is 14.4 Å². The van der Waals surface area contributed by atoms with Crippen LogP contribution in [0.4, 0.5) is 0 Å². The Hall–Kier alpha value is -3.44. The molecule has 0 aliphatic heterocycles. The van der Waals surface area contributed by atoms with Crippen molar-refractivity contribution in [3.63, 3.8) is 0 Å². The van der Waals surface area contributed by atoms with Crippen LogP contribution in [0.25, 0.3) is 0 Å². The molecule has 0 aromatic heterocycles. The van der Waals surface area contributed by atoms with Crippen molar-refractivity contribution in [1.82, 2.24) is 10.7 Å². The predicted molar refractivity (Wildman–Crippen MR) is 141 cm³/mol. The van der Waals surface area contributed by atoms with Crippen LogP contribution in [0, 0.1) is 3.57 Å². The topological polar surface area (TPSA) is 106 Å². The standard InChI is InChI=1S/C25H21ClIN3O5/c1-2-34-22-13-16(7-12-21(22)35-25(33)17-8-10-18(26)11-9-17)14-29-30-23(31)15-28-24(32)19-5-3-4-6-20(19)27/h3-14H,2,15H2,1H3,(H,28,32)(H,30,31)/b29-14+. The monoisotopic (exact) mass is 605 g/mol. The fourth-order valence-corrected chi connectivity index (χ4v) is 3.58. The summed E-state index contributed by atoms with van der Waals surface area (Å²) in [5, 5.41) is 6.97. The minimum Gasteiger partial charge on any atom is -0.490 e. The molecule has 35 heavy (non-hydrogen) atoms. The fourth-order valence-electron chi connectivity index (χ4n) is 2.82. The van der Waals surface area contributed by atoms with Crippen LogP contribution in [-0.2, 0) is 4.79 Å². The number of amides is 2. The Balaban J connectivity index is 1.57. The second-order valence-corrected chi connectivity index (χ2v) is 8.59. The van der Waals surface area contributed by atoms with Crippen molar-refractivity contribution >= 4 is 58.2 Å². The molecule has 0 bridgehead atoms. The van der Waals surface area contributed by atoms with Gasteiger partial charge in [0.2, 0.25) is 0 Å². The maximum atomic E-state index is 12.4. The summed E-state index contributed by atoms with van der Waals surface area (Å²) >= 11 is 7.91. The zero-order valence-corrected chi connectivity index (χ0v) is 21.5. The third-order valence-corrected chi connectivity index (χ3v) is 5.67. The predicted octanol–water partition coefficient (Wildman–Crippen LogP) is 4.44. The van der Waals surface area contributed by atoms with Gasteiger partial charge in [-0.3, -0.25) is 9.59 Å². The molecule has 2 N–H and O–H groups in total. The molecule has 180 valence electrons. The van der Waals surface area contributed by atoms with E-state index in [4.69, 9.17) is 21.1 Å². The minimum absolute atomic E-state index is 0.231. The Morgan fingerprint density at radius 3 is 2.49 bits per heavy atom. The maximum Gasteiger partial charge on any atom is 0.343 e. The SMILES string of the molecule is CCOc1cc(/C=N/NC(=O)CNC(=O)c2ccccc2I)ccc1OC(=O)c1ccc(Cl)cc1. The fraction of sp³-hybridized carbons (Fsp3) is 0.120. The number of rotatable bonds is 9. The molecular formula is C25H21ClIN3O5. The Kier molecular flexibility index (Phi) is 9.62. The molecule has 0 aliphatic rings. The van der Waals surface area contributed by atoms with Gasteiger partial charge in [-0.25, -0.2) is 10.2 Å². The molecule has 8 nitrogen and oxygen atoms in total. The second-order valence-electron chi connectivity index (χ2n) is 6.99. The summed E-state index contributed by atoms with van der Waals surface area (Å²) in [6, 6.07) is 18.3. The van der Waals surface area contributed by atoms with Crippen LogP contribution >= 0.6 is 34.2 Å². The normalized spacial score (nSPS) is 10.6. The lowest BCUT2D eigenvalue weighted by Gasteiger charge is -2.11. The number of carbonyl (C=O) groups is 3. The van der Waals surface area contributed by atoms with E-state index in [0.717, 1.165) is 3.57 Å². The van der Waals surface area contributed by atoms with Crippen molar-refractivity contribution in [2.75, 3.05) is 13.2 Å². The van der Waals surface area contributed by atoms with Crippen LogP contribution in [0.3, 0.4) is 0 Å². The van der Waals surface area contributed by atoms with Gasteiger partial charge >= 0.3 is 5.97 Å². The number of hydrogen-bond acceptors (Lipinski definition) is 6. The van der Waals surface area contributed by atoms with Crippen LogP contribution < -0.4 is 20.2 Å². The smallest absolute Gasteiger partial charge is 0.343 e. The van der Waals surface area contributed by atoms with E-state index >= 15 is 0 Å². The van der Waals surface area contributed by atoms with Gasteiger partial charge in [0.1, 0.15) is 0 Å². The van der Waals surface area contributed by atoms with Gasteiger partial charge in [0, 0.05) is 8.59 Å². The summed E-state index contributed by atoms with van der Waals surface area (Å²) in [4.78, 5) is 36.6. The number of ether oxygens (including phenoxy) is 2. The van der Waals surface area contributed by atoms with Gasteiger partial charge in [0.25, 0.3) is 11.8 Å². The summed E-state index contributed by atoms with van der Waals surface area (Å²) in [6.07, 6.45) is 1.41. The minimum atomic E-state index is -0.552. The number of hydrazone groups is 1. The summed E-state index contributed by atoms with van der Waals surface area (Å²) in [5.74, 6) is -0.803. The molecule has 3 aromatic rings. The molecule has 0 atom stereocenters. The molecular weight excluding hydrogens is 585 g/mol. The highest BCUT2D eigenvalue weighted by Crippen LogP contribution is 2.29. The average molecular weight is 606 g/mol. The summed E-state index contributed by atoms with van der Waals surface area (Å²) in [7, 11) is 0. The second kappa shape index (κ2) is 12.9. The number of hydrogen-bond donors (Lipinski definition) is 2. The lowest BCUT2D eigenvalue weighted by atomic mass is 10.2. The Morgan fingerprint density at radius 1 is 1.03 bits per heavy atom. The van der Waals surface area contributed by atoms with Crippen molar-refractivity contribution in [2.45, 2.75) is 6.92 Å². The number of carbonyl (C=O) groups excluding carboxylic acids is 3. The first-order valence-electron chi connectivity index (χ1n) is 10.5. The Bertz CT molecular complexity index is 1250. The van der Waals surface area contributed by atoms with E-state index in [1.807, 2.05) is 6.07 Å². The number of esters is 1. The number of benzene rings is 3. The number of nitrogens with zero attached hydrogens (tertiary/aromatic N) is 1. The molecule has 0 unspecified atom stereocenters. The van der Waals surface area contributed by atoms with E-state index in [2.05, 4.69) is 38.4 Å². The van der Waals surface area contributed by atoms with Crippen LogP contribution in [0.1, 0.15) is 33.2 Å². The van der Waals surface area contributed by atoms with Crippen LogP contribution in [0.2, 0.25) is 5.02 Å². The third kappa shape index (κ3) is 7.79. The van der Waals surface area contributed by atoms with Gasteiger partial charge in [-0.15, -0.1) is 0 Å². The van der Waals surface area contributed by atoms with E-state index in [0.29, 0.717) is 34.1 Å². The number of nitrogens with one attached hydrogen (secondary N) is 2. The lowest BCUT2D eigenvalue weighted by Crippen LogP contribution is -2.35. The van der Waals surface area contributed by atoms with Gasteiger partial charge in [0.05, 0.1) is 30.5 Å². The molecule has 0 fully saturated rings. The molecule has 0 spiro atoms. The van der Waals surface area contributed by atoms with Gasteiger partial charge in [-0.05, 0) is 89.7 Å². The van der Waals surface area contributed by atoms with Crippen LogP contribution in [0.15, 0.2) is 71.8 Å². The summed E-state index contributed by atoms with van der Waals surface area (Å²) < 4.78 is 11.8. The van der Waals surface area contributed by atoms with Gasteiger partial charge in [-0.1, -0.05) is 23.7 Å². The van der Waals surface area contributed by atoms with E-state index in [-0.39, 0.29) is 18.2 Å². The molecule has 3 aromatic carbocycles. The van der Waals surface area contributed by atoms with Crippen molar-refractivity contribution in [3.8, 4) is 11.5 Å². The van der Waals surface area contributed by atoms with E-state index in [1.165, 1.54) is 6.21 Å². The third-order valence-electron chi connectivity index (χ3n) is 4.48. The average Bonchev–Trinajstić information content (AvgIpc) is 2.85. The van der Waals surface area contributed by atoms with Crippen molar-refractivity contribution in [2.24, 2.45) is 5.10 Å². The highest BCUT2D eigenvalue weighted by Gasteiger charge is 2.14. The summed E-state index contributed by atoms with van der Waals surface area (Å²) in [6.45, 7) is 1.92. The molecule has 0 radical (unpaired) electrons. The Morgan fingerprint density at radius 2 is 1.77 bits per heavy atom. The molecule has 0 aliphatic carbocycles. The van der Waals surface area contributed by atoms with Crippen molar-refractivity contribution in [1.29, 1.82) is 0 Å². The molecule has 2 amide bonds. The van der Waals surface area contributed by atoms with Gasteiger partial charge in [-0.2, -0.15) is 5.10 Å². The first-order chi connectivity index (χ1) is 16.9.